The molecule has 12 heavy (non-hydrogen) atoms. The van der Waals surface area contributed by atoms with Gasteiger partial charge < -0.3 is 5.73 Å². The fraction of sp³-hybridized carbons (Fsp3) is 1.00. The standard InChI is InChI=1S/C9H19N3/c1-7(2)11-4-3-5-12-8(6-11)9(12)10/h7-9H,3-6,10H2,1-2H3. The number of fused-ring (bicyclic) bond motifs is 1. The van der Waals surface area contributed by atoms with E-state index in [9.17, 15) is 0 Å². The van der Waals surface area contributed by atoms with Gasteiger partial charge in [-0.25, -0.2) is 0 Å². The highest BCUT2D eigenvalue weighted by Crippen LogP contribution is 2.27. The van der Waals surface area contributed by atoms with E-state index in [1.54, 1.807) is 0 Å². The molecule has 2 rings (SSSR count). The molecule has 3 atom stereocenters. The van der Waals surface area contributed by atoms with Crippen molar-refractivity contribution >= 4 is 0 Å². The minimum atomic E-state index is 0.367. The highest BCUT2D eigenvalue weighted by molar-refractivity contribution is 5.01. The van der Waals surface area contributed by atoms with Gasteiger partial charge in [-0.05, 0) is 26.8 Å². The summed E-state index contributed by atoms with van der Waals surface area (Å²) in [7, 11) is 0. The molecule has 2 heterocycles. The van der Waals surface area contributed by atoms with Gasteiger partial charge in [-0.2, -0.15) is 0 Å². The first-order chi connectivity index (χ1) is 5.70. The van der Waals surface area contributed by atoms with Gasteiger partial charge in [0.25, 0.3) is 0 Å². The normalized spacial score (nSPS) is 42.5. The topological polar surface area (TPSA) is 32.3 Å². The Labute approximate surface area is 74.5 Å². The molecule has 0 aliphatic carbocycles. The van der Waals surface area contributed by atoms with Crippen LogP contribution in [-0.2, 0) is 0 Å². The van der Waals surface area contributed by atoms with Crippen molar-refractivity contribution in [2.45, 2.75) is 38.5 Å². The molecule has 0 bridgehead atoms. The van der Waals surface area contributed by atoms with Gasteiger partial charge in [-0.1, -0.05) is 0 Å². The largest absolute Gasteiger partial charge is 0.314 e. The van der Waals surface area contributed by atoms with Crippen LogP contribution in [0.2, 0.25) is 0 Å². The number of rotatable bonds is 1. The van der Waals surface area contributed by atoms with Crippen LogP contribution in [0.25, 0.3) is 0 Å². The zero-order chi connectivity index (χ0) is 8.72. The lowest BCUT2D eigenvalue weighted by Crippen LogP contribution is -2.35. The van der Waals surface area contributed by atoms with E-state index in [4.69, 9.17) is 5.73 Å². The average molecular weight is 169 g/mol. The monoisotopic (exact) mass is 169 g/mol. The van der Waals surface area contributed by atoms with Crippen molar-refractivity contribution in [3.05, 3.63) is 0 Å². The predicted molar refractivity (Wildman–Crippen MR) is 49.8 cm³/mol. The molecule has 2 N–H and O–H groups in total. The van der Waals surface area contributed by atoms with Crippen LogP contribution in [0.4, 0.5) is 0 Å². The molecule has 2 aliphatic heterocycles. The van der Waals surface area contributed by atoms with E-state index >= 15 is 0 Å². The second-order valence-corrected chi connectivity index (χ2v) is 4.24. The molecule has 0 radical (unpaired) electrons. The van der Waals surface area contributed by atoms with Gasteiger partial charge in [-0.3, -0.25) is 9.80 Å². The average Bonchev–Trinajstić information content (AvgIpc) is 2.66. The van der Waals surface area contributed by atoms with Crippen molar-refractivity contribution in [1.82, 2.24) is 9.80 Å². The SMILES string of the molecule is CC(C)N1CCCN2C(N)C2C1. The summed E-state index contributed by atoms with van der Waals surface area (Å²) in [5, 5.41) is 0. The van der Waals surface area contributed by atoms with Crippen LogP contribution in [-0.4, -0.2) is 47.7 Å². The van der Waals surface area contributed by atoms with Crippen LogP contribution in [0.15, 0.2) is 0 Å². The highest BCUT2D eigenvalue weighted by atomic mass is 15.4. The molecule has 70 valence electrons. The van der Waals surface area contributed by atoms with Crippen molar-refractivity contribution in [1.29, 1.82) is 0 Å². The van der Waals surface area contributed by atoms with E-state index in [0.29, 0.717) is 18.2 Å². The van der Waals surface area contributed by atoms with Gasteiger partial charge in [0.05, 0.1) is 12.2 Å². The van der Waals surface area contributed by atoms with Gasteiger partial charge in [0, 0.05) is 19.1 Å². The summed E-state index contributed by atoms with van der Waals surface area (Å²) in [6, 6.07) is 1.34. The molecular weight excluding hydrogens is 150 g/mol. The second-order valence-electron chi connectivity index (χ2n) is 4.24. The zero-order valence-electron chi connectivity index (χ0n) is 8.03. The maximum atomic E-state index is 5.90. The van der Waals surface area contributed by atoms with Gasteiger partial charge in [0.15, 0.2) is 0 Å². The third kappa shape index (κ3) is 1.37. The number of hydrogen-bond donors (Lipinski definition) is 1. The molecule has 2 aliphatic rings. The first kappa shape index (κ1) is 8.48. The highest BCUT2D eigenvalue weighted by Gasteiger charge is 2.46. The molecule has 0 saturated carbocycles. The number of nitrogens with zero attached hydrogens (tertiary/aromatic N) is 2. The van der Waals surface area contributed by atoms with E-state index in [-0.39, 0.29) is 0 Å². The fourth-order valence-corrected chi connectivity index (χ4v) is 2.14. The first-order valence-electron chi connectivity index (χ1n) is 4.95. The van der Waals surface area contributed by atoms with Crippen molar-refractivity contribution in [2.75, 3.05) is 19.6 Å². The lowest BCUT2D eigenvalue weighted by Gasteiger charge is -2.24. The summed E-state index contributed by atoms with van der Waals surface area (Å²) in [5.41, 5.74) is 5.90. The van der Waals surface area contributed by atoms with Crippen molar-refractivity contribution in [2.24, 2.45) is 5.73 Å². The van der Waals surface area contributed by atoms with Crippen LogP contribution in [0, 0.1) is 0 Å². The van der Waals surface area contributed by atoms with E-state index < -0.39 is 0 Å². The van der Waals surface area contributed by atoms with Crippen LogP contribution in [0.1, 0.15) is 20.3 Å². The molecule has 2 fully saturated rings. The van der Waals surface area contributed by atoms with E-state index in [0.717, 1.165) is 0 Å². The Kier molecular flexibility index (Phi) is 2.10. The Morgan fingerprint density at radius 2 is 2.08 bits per heavy atom. The predicted octanol–water partition coefficient (Wildman–Crippen LogP) is 0.0695. The van der Waals surface area contributed by atoms with Crippen LogP contribution in [0.5, 0.6) is 0 Å². The molecular formula is C9H19N3. The summed E-state index contributed by atoms with van der Waals surface area (Å²) in [6.07, 6.45) is 1.65. The molecule has 3 nitrogen and oxygen atoms in total. The number of nitrogens with two attached hydrogens (primary N) is 1. The third-order valence-electron chi connectivity index (χ3n) is 3.13. The maximum absolute atomic E-state index is 5.90. The first-order valence-corrected chi connectivity index (χ1v) is 4.95. The summed E-state index contributed by atoms with van der Waals surface area (Å²) >= 11 is 0. The quantitative estimate of drug-likeness (QED) is 0.564. The Bertz CT molecular complexity index is 169. The van der Waals surface area contributed by atoms with E-state index in [1.165, 1.54) is 26.1 Å². The van der Waals surface area contributed by atoms with Gasteiger partial charge in [0.2, 0.25) is 0 Å². The van der Waals surface area contributed by atoms with E-state index in [2.05, 4.69) is 23.6 Å². The Hall–Kier alpha value is -0.120. The van der Waals surface area contributed by atoms with Crippen molar-refractivity contribution in [3.63, 3.8) is 0 Å². The fourth-order valence-electron chi connectivity index (χ4n) is 2.14. The van der Waals surface area contributed by atoms with E-state index in [1.807, 2.05) is 0 Å². The Morgan fingerprint density at radius 3 is 2.75 bits per heavy atom. The molecule has 0 amide bonds. The third-order valence-corrected chi connectivity index (χ3v) is 3.13. The molecule has 3 heteroatoms. The summed E-state index contributed by atoms with van der Waals surface area (Å²) in [6.45, 7) is 8.17. The molecule has 0 aromatic heterocycles. The summed E-state index contributed by atoms with van der Waals surface area (Å²) in [4.78, 5) is 4.94. The Balaban J connectivity index is 1.93. The molecule has 0 spiro atoms. The van der Waals surface area contributed by atoms with Gasteiger partial charge >= 0.3 is 0 Å². The number of hydrogen-bond acceptors (Lipinski definition) is 3. The van der Waals surface area contributed by atoms with Crippen LogP contribution < -0.4 is 5.73 Å². The minimum Gasteiger partial charge on any atom is -0.314 e. The summed E-state index contributed by atoms with van der Waals surface area (Å²) < 4.78 is 0. The van der Waals surface area contributed by atoms with Gasteiger partial charge in [-0.15, -0.1) is 0 Å². The Morgan fingerprint density at radius 1 is 1.33 bits per heavy atom. The minimum absolute atomic E-state index is 0.367. The molecule has 3 unspecified atom stereocenters. The van der Waals surface area contributed by atoms with Crippen LogP contribution in [0.3, 0.4) is 0 Å². The zero-order valence-corrected chi connectivity index (χ0v) is 8.03. The summed E-state index contributed by atoms with van der Waals surface area (Å²) in [5.74, 6) is 0. The maximum Gasteiger partial charge on any atom is 0.0749 e. The second kappa shape index (κ2) is 2.98. The lowest BCUT2D eigenvalue weighted by atomic mass is 10.2. The molecule has 2 saturated heterocycles. The smallest absolute Gasteiger partial charge is 0.0749 e. The van der Waals surface area contributed by atoms with Gasteiger partial charge in [0.1, 0.15) is 0 Å². The molecule has 0 aromatic carbocycles. The van der Waals surface area contributed by atoms with Crippen molar-refractivity contribution < 1.29 is 0 Å². The van der Waals surface area contributed by atoms with Crippen molar-refractivity contribution in [3.8, 4) is 0 Å². The lowest BCUT2D eigenvalue weighted by molar-refractivity contribution is 0.229. The van der Waals surface area contributed by atoms with Crippen LogP contribution >= 0.6 is 0 Å². The molecule has 0 aromatic rings.